The highest BCUT2D eigenvalue weighted by Gasteiger charge is 2.28. The average molecular weight is 310 g/mol. The minimum atomic E-state index is 0.416. The Kier molecular flexibility index (Phi) is 3.65. The summed E-state index contributed by atoms with van der Waals surface area (Å²) in [6, 6.07) is 11.1. The lowest BCUT2D eigenvalue weighted by Gasteiger charge is -2.30. The third-order valence-electron chi connectivity index (χ3n) is 4.60. The molecule has 4 rings (SSSR count). The minimum Gasteiger partial charge on any atom is -0.378 e. The standard InChI is InChI=1S/C18H22N4O/c1-13-11-15-5-3-4-6-16(15)22(13)18-12-17(19-14(2)20-18)21-7-9-23-10-8-21/h3-6,12-13H,7-11H2,1-2H3. The summed E-state index contributed by atoms with van der Waals surface area (Å²) in [7, 11) is 0. The maximum absolute atomic E-state index is 5.45. The number of hydrogen-bond acceptors (Lipinski definition) is 5. The number of ether oxygens (including phenoxy) is 1. The molecule has 0 aliphatic carbocycles. The maximum atomic E-state index is 5.45. The molecule has 1 fully saturated rings. The third kappa shape index (κ3) is 2.65. The van der Waals surface area contributed by atoms with Crippen molar-refractivity contribution in [2.45, 2.75) is 26.3 Å². The lowest BCUT2D eigenvalue weighted by Crippen LogP contribution is -2.37. The maximum Gasteiger partial charge on any atom is 0.139 e. The van der Waals surface area contributed by atoms with Crippen molar-refractivity contribution in [1.29, 1.82) is 0 Å². The number of hydrogen-bond donors (Lipinski definition) is 0. The highest BCUT2D eigenvalue weighted by Crippen LogP contribution is 2.38. The fourth-order valence-electron chi connectivity index (χ4n) is 3.53. The van der Waals surface area contributed by atoms with Gasteiger partial charge in [-0.05, 0) is 31.9 Å². The molecule has 1 saturated heterocycles. The minimum absolute atomic E-state index is 0.416. The molecule has 5 heteroatoms. The van der Waals surface area contributed by atoms with E-state index >= 15 is 0 Å². The summed E-state index contributed by atoms with van der Waals surface area (Å²) >= 11 is 0. The molecule has 1 aromatic carbocycles. The van der Waals surface area contributed by atoms with E-state index in [9.17, 15) is 0 Å². The number of aromatic nitrogens is 2. The molecule has 0 N–H and O–H groups in total. The SMILES string of the molecule is Cc1nc(N2CCOCC2)cc(N2c3ccccc3CC2C)n1. The van der Waals surface area contributed by atoms with Crippen molar-refractivity contribution in [2.24, 2.45) is 0 Å². The van der Waals surface area contributed by atoms with Crippen molar-refractivity contribution in [2.75, 3.05) is 36.1 Å². The molecule has 2 aliphatic heterocycles. The second kappa shape index (κ2) is 5.81. The molecule has 0 bridgehead atoms. The van der Waals surface area contributed by atoms with Crippen molar-refractivity contribution in [1.82, 2.24) is 9.97 Å². The first kappa shape index (κ1) is 14.5. The van der Waals surface area contributed by atoms with Crippen LogP contribution in [0.1, 0.15) is 18.3 Å². The second-order valence-electron chi connectivity index (χ2n) is 6.28. The summed E-state index contributed by atoms with van der Waals surface area (Å²) < 4.78 is 5.45. The summed E-state index contributed by atoms with van der Waals surface area (Å²) in [5.74, 6) is 2.82. The highest BCUT2D eigenvalue weighted by atomic mass is 16.5. The van der Waals surface area contributed by atoms with E-state index in [-0.39, 0.29) is 0 Å². The normalized spacial score (nSPS) is 20.7. The molecule has 2 aromatic rings. The summed E-state index contributed by atoms with van der Waals surface area (Å²) in [6.45, 7) is 7.54. The van der Waals surface area contributed by atoms with Crippen LogP contribution in [-0.2, 0) is 11.2 Å². The lowest BCUT2D eigenvalue weighted by atomic mass is 10.1. The Morgan fingerprint density at radius 3 is 2.65 bits per heavy atom. The van der Waals surface area contributed by atoms with Gasteiger partial charge in [0.15, 0.2) is 0 Å². The molecule has 5 nitrogen and oxygen atoms in total. The molecular weight excluding hydrogens is 288 g/mol. The van der Waals surface area contributed by atoms with Crippen LogP contribution in [0.3, 0.4) is 0 Å². The smallest absolute Gasteiger partial charge is 0.139 e. The summed E-state index contributed by atoms with van der Waals surface area (Å²) in [5.41, 5.74) is 2.66. The number of morpholine rings is 1. The predicted octanol–water partition coefficient (Wildman–Crippen LogP) is 2.70. The zero-order chi connectivity index (χ0) is 15.8. The van der Waals surface area contributed by atoms with E-state index in [1.807, 2.05) is 6.92 Å². The molecule has 120 valence electrons. The van der Waals surface area contributed by atoms with Crippen LogP contribution in [-0.4, -0.2) is 42.3 Å². The molecule has 0 saturated carbocycles. The zero-order valence-electron chi connectivity index (χ0n) is 13.7. The molecule has 0 amide bonds. The number of fused-ring (bicyclic) bond motifs is 1. The van der Waals surface area contributed by atoms with Crippen LogP contribution in [0.5, 0.6) is 0 Å². The highest BCUT2D eigenvalue weighted by molar-refractivity contribution is 5.70. The Bertz CT molecular complexity index is 712. The Labute approximate surface area is 136 Å². The van der Waals surface area contributed by atoms with Gasteiger partial charge in [0.1, 0.15) is 17.5 Å². The largest absolute Gasteiger partial charge is 0.378 e. The fourth-order valence-corrected chi connectivity index (χ4v) is 3.53. The Morgan fingerprint density at radius 2 is 1.83 bits per heavy atom. The summed E-state index contributed by atoms with van der Waals surface area (Å²) in [4.78, 5) is 14.0. The van der Waals surface area contributed by atoms with Crippen molar-refractivity contribution in [3.8, 4) is 0 Å². The van der Waals surface area contributed by atoms with Gasteiger partial charge in [0.2, 0.25) is 0 Å². The first-order valence-corrected chi connectivity index (χ1v) is 8.28. The molecule has 0 radical (unpaired) electrons. The van der Waals surface area contributed by atoms with E-state index in [4.69, 9.17) is 9.72 Å². The molecule has 0 spiro atoms. The average Bonchev–Trinajstić information content (AvgIpc) is 2.91. The van der Waals surface area contributed by atoms with E-state index in [1.54, 1.807) is 0 Å². The van der Waals surface area contributed by atoms with Crippen molar-refractivity contribution >= 4 is 17.3 Å². The van der Waals surface area contributed by atoms with Gasteiger partial charge in [-0.1, -0.05) is 18.2 Å². The van der Waals surface area contributed by atoms with Crippen LogP contribution < -0.4 is 9.80 Å². The van der Waals surface area contributed by atoms with Gasteiger partial charge >= 0.3 is 0 Å². The van der Waals surface area contributed by atoms with Gasteiger partial charge < -0.3 is 14.5 Å². The van der Waals surface area contributed by atoms with Crippen molar-refractivity contribution in [3.63, 3.8) is 0 Å². The van der Waals surface area contributed by atoms with Crippen LogP contribution >= 0.6 is 0 Å². The fraction of sp³-hybridized carbons (Fsp3) is 0.444. The van der Waals surface area contributed by atoms with E-state index in [1.165, 1.54) is 11.3 Å². The number of aryl methyl sites for hydroxylation is 1. The number of rotatable bonds is 2. The van der Waals surface area contributed by atoms with E-state index in [2.05, 4.69) is 52.0 Å². The first-order valence-electron chi connectivity index (χ1n) is 8.28. The molecule has 1 atom stereocenters. The number of para-hydroxylation sites is 1. The van der Waals surface area contributed by atoms with Crippen molar-refractivity contribution < 1.29 is 4.74 Å². The van der Waals surface area contributed by atoms with Gasteiger partial charge in [-0.3, -0.25) is 0 Å². The molecule has 1 aromatic heterocycles. The van der Waals surface area contributed by atoms with Gasteiger partial charge in [-0.15, -0.1) is 0 Å². The van der Waals surface area contributed by atoms with E-state index in [0.717, 1.165) is 50.2 Å². The van der Waals surface area contributed by atoms with Gasteiger partial charge in [0, 0.05) is 30.9 Å². The van der Waals surface area contributed by atoms with E-state index in [0.29, 0.717) is 6.04 Å². The quantitative estimate of drug-likeness (QED) is 0.853. The third-order valence-corrected chi connectivity index (χ3v) is 4.60. The summed E-state index contributed by atoms with van der Waals surface area (Å²) in [6.07, 6.45) is 1.06. The van der Waals surface area contributed by atoms with Crippen LogP contribution in [0.15, 0.2) is 30.3 Å². The molecular formula is C18H22N4O. The molecule has 3 heterocycles. The van der Waals surface area contributed by atoms with Crippen LogP contribution in [0.2, 0.25) is 0 Å². The van der Waals surface area contributed by atoms with Crippen molar-refractivity contribution in [3.05, 3.63) is 41.7 Å². The molecule has 23 heavy (non-hydrogen) atoms. The van der Waals surface area contributed by atoms with Crippen LogP contribution in [0.25, 0.3) is 0 Å². The lowest BCUT2D eigenvalue weighted by molar-refractivity contribution is 0.122. The Balaban J connectivity index is 1.73. The topological polar surface area (TPSA) is 41.5 Å². The van der Waals surface area contributed by atoms with E-state index < -0.39 is 0 Å². The predicted molar refractivity (Wildman–Crippen MR) is 91.5 cm³/mol. The van der Waals surface area contributed by atoms with Crippen LogP contribution in [0.4, 0.5) is 17.3 Å². The Morgan fingerprint density at radius 1 is 1.09 bits per heavy atom. The molecule has 2 aliphatic rings. The van der Waals surface area contributed by atoms with Gasteiger partial charge in [-0.25, -0.2) is 9.97 Å². The number of benzene rings is 1. The number of nitrogens with zero attached hydrogens (tertiary/aromatic N) is 4. The Hall–Kier alpha value is -2.14. The van der Waals surface area contributed by atoms with Gasteiger partial charge in [0.05, 0.1) is 13.2 Å². The summed E-state index contributed by atoms with van der Waals surface area (Å²) in [5, 5.41) is 0. The first-order chi connectivity index (χ1) is 11.2. The van der Waals surface area contributed by atoms with Gasteiger partial charge in [0.25, 0.3) is 0 Å². The molecule has 1 unspecified atom stereocenters. The number of anilines is 3. The van der Waals surface area contributed by atoms with Gasteiger partial charge in [-0.2, -0.15) is 0 Å². The zero-order valence-corrected chi connectivity index (χ0v) is 13.7. The van der Waals surface area contributed by atoms with Crippen LogP contribution in [0, 0.1) is 6.92 Å². The monoisotopic (exact) mass is 310 g/mol. The second-order valence-corrected chi connectivity index (χ2v) is 6.28.